The third kappa shape index (κ3) is 3.79. The largest absolute Gasteiger partial charge is 0.494 e. The van der Waals surface area contributed by atoms with Gasteiger partial charge in [0.25, 0.3) is 0 Å². The summed E-state index contributed by atoms with van der Waals surface area (Å²) in [4.78, 5) is 0. The molecule has 2 aromatic carbocycles. The zero-order valence-electron chi connectivity index (χ0n) is 12.8. The summed E-state index contributed by atoms with van der Waals surface area (Å²) in [6.07, 6.45) is 2.18. The smallest absolute Gasteiger partial charge is 0.249 e. The Bertz CT molecular complexity index is 769. The van der Waals surface area contributed by atoms with Gasteiger partial charge >= 0.3 is 0 Å². The molecule has 1 aromatic heterocycles. The molecule has 3 aromatic rings. The molecular formula is C18H17BrN2O2. The molecule has 0 aliphatic heterocycles. The average molecular weight is 373 g/mol. The van der Waals surface area contributed by atoms with E-state index in [9.17, 15) is 0 Å². The Morgan fingerprint density at radius 3 is 2.48 bits per heavy atom. The first-order valence-electron chi connectivity index (χ1n) is 7.59. The van der Waals surface area contributed by atoms with E-state index >= 15 is 0 Å². The van der Waals surface area contributed by atoms with Crippen molar-refractivity contribution >= 4 is 15.9 Å². The van der Waals surface area contributed by atoms with Gasteiger partial charge in [0.15, 0.2) is 0 Å². The van der Waals surface area contributed by atoms with Gasteiger partial charge in [-0.1, -0.05) is 25.5 Å². The van der Waals surface area contributed by atoms with Gasteiger partial charge in [-0.25, -0.2) is 0 Å². The van der Waals surface area contributed by atoms with E-state index in [4.69, 9.17) is 9.15 Å². The zero-order valence-corrected chi connectivity index (χ0v) is 14.4. The minimum absolute atomic E-state index is 0.496. The van der Waals surface area contributed by atoms with Crippen LogP contribution in [0, 0.1) is 0 Å². The van der Waals surface area contributed by atoms with Crippen LogP contribution in [0.3, 0.4) is 0 Å². The molecule has 0 bridgehead atoms. The lowest BCUT2D eigenvalue weighted by Crippen LogP contribution is -1.95. The van der Waals surface area contributed by atoms with Gasteiger partial charge in [0.2, 0.25) is 11.8 Å². The summed E-state index contributed by atoms with van der Waals surface area (Å²) in [6, 6.07) is 15.5. The van der Waals surface area contributed by atoms with Gasteiger partial charge in [-0.05, 0) is 58.7 Å². The molecule has 0 saturated carbocycles. The second kappa shape index (κ2) is 7.42. The quantitative estimate of drug-likeness (QED) is 0.547. The van der Waals surface area contributed by atoms with Crippen LogP contribution < -0.4 is 4.74 Å². The topological polar surface area (TPSA) is 48.2 Å². The van der Waals surface area contributed by atoms with Crippen molar-refractivity contribution in [3.63, 3.8) is 0 Å². The molecule has 0 fully saturated rings. The highest BCUT2D eigenvalue weighted by atomic mass is 79.9. The van der Waals surface area contributed by atoms with Gasteiger partial charge in [-0.2, -0.15) is 0 Å². The lowest BCUT2D eigenvalue weighted by molar-refractivity contribution is 0.309. The van der Waals surface area contributed by atoms with Crippen LogP contribution in [0.4, 0.5) is 0 Å². The highest BCUT2D eigenvalue weighted by Crippen LogP contribution is 2.29. The molecule has 4 nitrogen and oxygen atoms in total. The van der Waals surface area contributed by atoms with Gasteiger partial charge in [0, 0.05) is 10.0 Å². The Morgan fingerprint density at radius 1 is 1.00 bits per heavy atom. The Hall–Kier alpha value is -2.14. The number of halogens is 1. The molecule has 3 rings (SSSR count). The van der Waals surface area contributed by atoms with Crippen LogP contribution in [-0.4, -0.2) is 16.8 Å². The fraction of sp³-hybridized carbons (Fsp3) is 0.222. The Labute approximate surface area is 143 Å². The highest BCUT2D eigenvalue weighted by Gasteiger charge is 2.12. The number of ether oxygens (including phenoxy) is 1. The number of hydrogen-bond donors (Lipinski definition) is 0. The third-order valence-electron chi connectivity index (χ3n) is 3.40. The second-order valence-electron chi connectivity index (χ2n) is 5.12. The molecule has 0 spiro atoms. The third-order valence-corrected chi connectivity index (χ3v) is 4.09. The van der Waals surface area contributed by atoms with Crippen LogP contribution in [-0.2, 0) is 0 Å². The number of unbranched alkanes of at least 4 members (excludes halogenated alkanes) is 1. The molecule has 0 aliphatic carbocycles. The maximum atomic E-state index is 5.78. The van der Waals surface area contributed by atoms with Gasteiger partial charge in [0.1, 0.15) is 5.75 Å². The van der Waals surface area contributed by atoms with Crippen molar-refractivity contribution in [2.45, 2.75) is 19.8 Å². The standard InChI is InChI=1S/C18H17BrN2O2/c1-2-3-12-22-14-10-8-13(9-11-14)17-20-21-18(23-17)15-6-4-5-7-16(15)19/h4-11H,2-3,12H2,1H3. The molecule has 1 heterocycles. The Morgan fingerprint density at radius 2 is 1.74 bits per heavy atom. The van der Waals surface area contributed by atoms with Crippen LogP contribution in [0.15, 0.2) is 57.4 Å². The van der Waals surface area contributed by atoms with Crippen molar-refractivity contribution in [3.05, 3.63) is 53.0 Å². The maximum Gasteiger partial charge on any atom is 0.249 e. The van der Waals surface area contributed by atoms with Crippen molar-refractivity contribution in [2.24, 2.45) is 0 Å². The minimum Gasteiger partial charge on any atom is -0.494 e. The Balaban J connectivity index is 1.77. The predicted octanol–water partition coefficient (Wildman–Crippen LogP) is 5.35. The van der Waals surface area contributed by atoms with Crippen LogP contribution in [0.1, 0.15) is 19.8 Å². The van der Waals surface area contributed by atoms with E-state index in [1.165, 1.54) is 0 Å². The number of hydrogen-bond acceptors (Lipinski definition) is 4. The summed E-state index contributed by atoms with van der Waals surface area (Å²) >= 11 is 3.49. The monoisotopic (exact) mass is 372 g/mol. The minimum atomic E-state index is 0.496. The summed E-state index contributed by atoms with van der Waals surface area (Å²) in [5, 5.41) is 8.26. The molecular weight excluding hydrogens is 356 g/mol. The normalized spacial score (nSPS) is 10.7. The lowest BCUT2D eigenvalue weighted by Gasteiger charge is -2.05. The second-order valence-corrected chi connectivity index (χ2v) is 5.97. The molecule has 0 saturated heterocycles. The molecule has 0 amide bonds. The van der Waals surface area contributed by atoms with Crippen LogP contribution in [0.5, 0.6) is 5.75 Å². The van der Waals surface area contributed by atoms with E-state index in [1.54, 1.807) is 0 Å². The summed E-state index contributed by atoms with van der Waals surface area (Å²) < 4.78 is 12.4. The first kappa shape index (κ1) is 15.7. The lowest BCUT2D eigenvalue weighted by atomic mass is 10.2. The summed E-state index contributed by atoms with van der Waals surface area (Å²) in [5.41, 5.74) is 1.75. The van der Waals surface area contributed by atoms with E-state index in [0.29, 0.717) is 11.8 Å². The van der Waals surface area contributed by atoms with E-state index < -0.39 is 0 Å². The predicted molar refractivity (Wildman–Crippen MR) is 93.3 cm³/mol. The SMILES string of the molecule is CCCCOc1ccc(-c2nnc(-c3ccccc3Br)o2)cc1. The molecule has 0 atom stereocenters. The van der Waals surface area contributed by atoms with Crippen molar-refractivity contribution in [1.82, 2.24) is 10.2 Å². The van der Waals surface area contributed by atoms with E-state index in [1.807, 2.05) is 48.5 Å². The Kier molecular flexibility index (Phi) is 5.08. The number of nitrogens with zero attached hydrogens (tertiary/aromatic N) is 2. The molecule has 0 N–H and O–H groups in total. The van der Waals surface area contributed by atoms with Crippen molar-refractivity contribution < 1.29 is 9.15 Å². The van der Waals surface area contributed by atoms with Crippen LogP contribution in [0.2, 0.25) is 0 Å². The number of rotatable bonds is 6. The van der Waals surface area contributed by atoms with Gasteiger partial charge in [-0.3, -0.25) is 0 Å². The molecule has 0 aliphatic rings. The first-order chi connectivity index (χ1) is 11.3. The molecule has 0 unspecified atom stereocenters. The van der Waals surface area contributed by atoms with Crippen molar-refractivity contribution in [1.29, 1.82) is 0 Å². The number of benzene rings is 2. The van der Waals surface area contributed by atoms with E-state index in [0.717, 1.165) is 40.8 Å². The molecule has 118 valence electrons. The molecule has 23 heavy (non-hydrogen) atoms. The van der Waals surface area contributed by atoms with Crippen LogP contribution in [0.25, 0.3) is 22.9 Å². The molecule has 5 heteroatoms. The average Bonchev–Trinajstić information content (AvgIpc) is 3.06. The fourth-order valence-corrected chi connectivity index (χ4v) is 2.57. The van der Waals surface area contributed by atoms with Crippen molar-refractivity contribution in [2.75, 3.05) is 6.61 Å². The van der Waals surface area contributed by atoms with Gasteiger partial charge < -0.3 is 9.15 Å². The summed E-state index contributed by atoms with van der Waals surface area (Å²) in [5.74, 6) is 1.85. The van der Waals surface area contributed by atoms with E-state index in [2.05, 4.69) is 33.1 Å². The van der Waals surface area contributed by atoms with Gasteiger partial charge in [-0.15, -0.1) is 10.2 Å². The van der Waals surface area contributed by atoms with Crippen LogP contribution >= 0.6 is 15.9 Å². The highest BCUT2D eigenvalue weighted by molar-refractivity contribution is 9.10. The fourth-order valence-electron chi connectivity index (χ4n) is 2.11. The molecule has 0 radical (unpaired) electrons. The van der Waals surface area contributed by atoms with E-state index in [-0.39, 0.29) is 0 Å². The maximum absolute atomic E-state index is 5.78. The number of aromatic nitrogens is 2. The summed E-state index contributed by atoms with van der Waals surface area (Å²) in [6.45, 7) is 2.88. The first-order valence-corrected chi connectivity index (χ1v) is 8.39. The van der Waals surface area contributed by atoms with Gasteiger partial charge in [0.05, 0.1) is 12.2 Å². The van der Waals surface area contributed by atoms with Crippen molar-refractivity contribution in [3.8, 4) is 28.7 Å². The zero-order chi connectivity index (χ0) is 16.1. The summed E-state index contributed by atoms with van der Waals surface area (Å²) in [7, 11) is 0.